The number of benzene rings is 1. The third-order valence-electron chi connectivity index (χ3n) is 5.13. The molecule has 1 atom stereocenters. The van der Waals surface area contributed by atoms with Crippen LogP contribution in [0.2, 0.25) is 0 Å². The number of carbonyl (C=O) groups excluding carboxylic acids is 1. The van der Waals surface area contributed by atoms with E-state index in [1.54, 1.807) is 24.5 Å². The molecule has 0 aliphatic carbocycles. The molecular weight excluding hydrogens is 390 g/mol. The van der Waals surface area contributed by atoms with Gasteiger partial charge in [0.25, 0.3) is 0 Å². The zero-order valence-corrected chi connectivity index (χ0v) is 19.3. The lowest BCUT2D eigenvalue weighted by Gasteiger charge is -2.12. The van der Waals surface area contributed by atoms with Gasteiger partial charge in [-0.05, 0) is 84.7 Å². The second-order valence-corrected chi connectivity index (χ2v) is 8.45. The van der Waals surface area contributed by atoms with Gasteiger partial charge >= 0.3 is 0 Å². The van der Waals surface area contributed by atoms with Crippen molar-refractivity contribution in [3.05, 3.63) is 70.4 Å². The topological polar surface area (TPSA) is 38.3 Å². The average Bonchev–Trinajstić information content (AvgIpc) is 3.26. The van der Waals surface area contributed by atoms with Crippen LogP contribution < -0.4 is 10.1 Å². The van der Waals surface area contributed by atoms with Gasteiger partial charge in [0.15, 0.2) is 0 Å². The van der Waals surface area contributed by atoms with Crippen molar-refractivity contribution in [1.82, 2.24) is 5.32 Å². The zero-order chi connectivity index (χ0) is 21.6. The SMILES string of the molecule is CCCCC/C(=C\C=C\C(=O)N[C@H](C)CCCc1ccsc1)c1ccc(OC)cc1. The summed E-state index contributed by atoms with van der Waals surface area (Å²) in [5, 5.41) is 7.38. The Balaban J connectivity index is 1.87. The molecule has 30 heavy (non-hydrogen) atoms. The number of allylic oxidation sites excluding steroid dienone is 3. The maximum atomic E-state index is 12.3. The highest BCUT2D eigenvalue weighted by atomic mass is 32.1. The highest BCUT2D eigenvalue weighted by Crippen LogP contribution is 2.23. The minimum atomic E-state index is -0.0306. The number of rotatable bonds is 13. The number of hydrogen-bond acceptors (Lipinski definition) is 3. The molecule has 162 valence electrons. The van der Waals surface area contributed by atoms with Gasteiger partial charge < -0.3 is 10.1 Å². The second kappa shape index (κ2) is 13.8. The van der Waals surface area contributed by atoms with Gasteiger partial charge in [-0.15, -0.1) is 0 Å². The Morgan fingerprint density at radius 2 is 1.97 bits per heavy atom. The summed E-state index contributed by atoms with van der Waals surface area (Å²) in [5.74, 6) is 0.825. The molecule has 0 bridgehead atoms. The maximum Gasteiger partial charge on any atom is 0.244 e. The van der Waals surface area contributed by atoms with Crippen LogP contribution in [0.5, 0.6) is 5.75 Å². The molecule has 3 nitrogen and oxygen atoms in total. The van der Waals surface area contributed by atoms with Gasteiger partial charge in [-0.1, -0.05) is 44.1 Å². The van der Waals surface area contributed by atoms with Gasteiger partial charge in [-0.3, -0.25) is 4.79 Å². The first-order chi connectivity index (χ1) is 14.6. The smallest absolute Gasteiger partial charge is 0.244 e. The summed E-state index contributed by atoms with van der Waals surface area (Å²) in [6.45, 7) is 4.28. The standard InChI is InChI=1S/C26H35NO2S/c1-4-5-6-11-23(24-14-16-25(29-3)17-15-24)12-8-13-26(28)27-21(2)9-7-10-22-18-19-30-20-22/h8,12-21H,4-7,9-11H2,1-3H3,(H,27,28)/b13-8+,23-12+/t21-/m1/s1. The van der Waals surface area contributed by atoms with E-state index in [0.717, 1.165) is 37.9 Å². The summed E-state index contributed by atoms with van der Waals surface area (Å²) in [4.78, 5) is 12.3. The Bertz CT molecular complexity index is 791. The molecule has 0 aliphatic rings. The first-order valence-corrected chi connectivity index (χ1v) is 11.9. The van der Waals surface area contributed by atoms with E-state index in [0.29, 0.717) is 0 Å². The molecular formula is C26H35NO2S. The van der Waals surface area contributed by atoms with Crippen LogP contribution in [0.4, 0.5) is 0 Å². The molecule has 0 unspecified atom stereocenters. The molecule has 1 N–H and O–H groups in total. The van der Waals surface area contributed by atoms with Crippen molar-refractivity contribution >= 4 is 22.8 Å². The number of ether oxygens (including phenoxy) is 1. The van der Waals surface area contributed by atoms with Gasteiger partial charge in [0.2, 0.25) is 5.91 Å². The van der Waals surface area contributed by atoms with Gasteiger partial charge in [-0.2, -0.15) is 11.3 Å². The summed E-state index contributed by atoms with van der Waals surface area (Å²) in [6, 6.07) is 10.5. The summed E-state index contributed by atoms with van der Waals surface area (Å²) < 4.78 is 5.26. The van der Waals surface area contributed by atoms with Gasteiger partial charge in [0, 0.05) is 12.1 Å². The largest absolute Gasteiger partial charge is 0.497 e. The molecule has 0 saturated heterocycles. The fourth-order valence-electron chi connectivity index (χ4n) is 3.36. The van der Waals surface area contributed by atoms with Crippen molar-refractivity contribution in [1.29, 1.82) is 0 Å². The Hall–Kier alpha value is -2.33. The van der Waals surface area contributed by atoms with E-state index in [1.165, 1.54) is 29.5 Å². The molecule has 0 spiro atoms. The molecule has 2 aromatic rings. The monoisotopic (exact) mass is 425 g/mol. The molecule has 1 heterocycles. The predicted molar refractivity (Wildman–Crippen MR) is 129 cm³/mol. The van der Waals surface area contributed by atoms with Gasteiger partial charge in [0.1, 0.15) is 5.75 Å². The number of methoxy groups -OCH3 is 1. The first-order valence-electron chi connectivity index (χ1n) is 11.0. The van der Waals surface area contributed by atoms with Crippen molar-refractivity contribution in [2.45, 2.75) is 64.8 Å². The Labute approximate surface area is 185 Å². The summed E-state index contributed by atoms with van der Waals surface area (Å²) >= 11 is 1.74. The molecule has 0 saturated carbocycles. The molecule has 0 radical (unpaired) electrons. The van der Waals surface area contributed by atoms with Crippen LogP contribution in [0.25, 0.3) is 5.57 Å². The Morgan fingerprint density at radius 1 is 1.17 bits per heavy atom. The predicted octanol–water partition coefficient (Wildman–Crippen LogP) is 6.80. The summed E-state index contributed by atoms with van der Waals surface area (Å²) in [6.07, 6.45) is 13.3. The molecule has 0 fully saturated rings. The van der Waals surface area contributed by atoms with Gasteiger partial charge in [-0.25, -0.2) is 0 Å². The first kappa shape index (κ1) is 23.9. The minimum absolute atomic E-state index is 0.0306. The number of unbranched alkanes of at least 4 members (excludes halogenated alkanes) is 2. The quantitative estimate of drug-likeness (QED) is 0.218. The van der Waals surface area contributed by atoms with Crippen molar-refractivity contribution in [2.75, 3.05) is 7.11 Å². The molecule has 1 aromatic heterocycles. The highest BCUT2D eigenvalue weighted by molar-refractivity contribution is 7.07. The molecule has 2 rings (SSSR count). The van der Waals surface area contributed by atoms with E-state index in [-0.39, 0.29) is 11.9 Å². The van der Waals surface area contributed by atoms with E-state index in [2.05, 4.69) is 54.2 Å². The summed E-state index contributed by atoms with van der Waals surface area (Å²) in [7, 11) is 1.68. The van der Waals surface area contributed by atoms with E-state index < -0.39 is 0 Å². The van der Waals surface area contributed by atoms with Crippen LogP contribution in [0.15, 0.2) is 59.3 Å². The van der Waals surface area contributed by atoms with Crippen molar-refractivity contribution in [3.63, 3.8) is 0 Å². The van der Waals surface area contributed by atoms with Crippen molar-refractivity contribution in [2.24, 2.45) is 0 Å². The molecule has 1 aromatic carbocycles. The van der Waals surface area contributed by atoms with Crippen LogP contribution in [0, 0.1) is 0 Å². The lowest BCUT2D eigenvalue weighted by atomic mass is 9.99. The van der Waals surface area contributed by atoms with Crippen molar-refractivity contribution < 1.29 is 9.53 Å². The molecule has 1 amide bonds. The number of aryl methyl sites for hydroxylation is 1. The fourth-order valence-corrected chi connectivity index (χ4v) is 4.06. The second-order valence-electron chi connectivity index (χ2n) is 7.67. The molecule has 0 aliphatic heterocycles. The molecule has 4 heteroatoms. The lowest BCUT2D eigenvalue weighted by molar-refractivity contribution is -0.117. The highest BCUT2D eigenvalue weighted by Gasteiger charge is 2.05. The average molecular weight is 426 g/mol. The van der Waals surface area contributed by atoms with Crippen LogP contribution in [-0.4, -0.2) is 19.1 Å². The van der Waals surface area contributed by atoms with E-state index >= 15 is 0 Å². The number of thiophene rings is 1. The van der Waals surface area contributed by atoms with Crippen LogP contribution in [-0.2, 0) is 11.2 Å². The maximum absolute atomic E-state index is 12.3. The summed E-state index contributed by atoms with van der Waals surface area (Å²) in [5.41, 5.74) is 3.82. The Morgan fingerprint density at radius 3 is 2.63 bits per heavy atom. The number of carbonyl (C=O) groups is 1. The number of hydrogen-bond donors (Lipinski definition) is 1. The van der Waals surface area contributed by atoms with E-state index in [1.807, 2.05) is 18.2 Å². The fraction of sp³-hybridized carbons (Fsp3) is 0.423. The van der Waals surface area contributed by atoms with Crippen LogP contribution >= 0.6 is 11.3 Å². The van der Waals surface area contributed by atoms with Crippen LogP contribution in [0.3, 0.4) is 0 Å². The Kier molecular flexibility index (Phi) is 11.0. The van der Waals surface area contributed by atoms with Gasteiger partial charge in [0.05, 0.1) is 7.11 Å². The third-order valence-corrected chi connectivity index (χ3v) is 5.86. The lowest BCUT2D eigenvalue weighted by Crippen LogP contribution is -2.31. The van der Waals surface area contributed by atoms with Crippen molar-refractivity contribution in [3.8, 4) is 5.75 Å². The minimum Gasteiger partial charge on any atom is -0.497 e. The van der Waals surface area contributed by atoms with Crippen LogP contribution in [0.1, 0.15) is 63.5 Å². The number of nitrogens with one attached hydrogen (secondary N) is 1. The van der Waals surface area contributed by atoms with E-state index in [9.17, 15) is 4.79 Å². The van der Waals surface area contributed by atoms with E-state index in [4.69, 9.17) is 4.74 Å². The third kappa shape index (κ3) is 9.00. The zero-order valence-electron chi connectivity index (χ0n) is 18.5. The normalized spacial score (nSPS) is 12.8. The number of amides is 1.